The summed E-state index contributed by atoms with van der Waals surface area (Å²) in [4.78, 5) is 35.7. The van der Waals surface area contributed by atoms with E-state index in [-0.39, 0.29) is 12.8 Å². The first-order chi connectivity index (χ1) is 31.4. The van der Waals surface area contributed by atoms with Gasteiger partial charge in [0, 0.05) is 12.8 Å². The number of hydrogen-bond acceptors (Lipinski definition) is 12. The van der Waals surface area contributed by atoms with E-state index in [0.717, 1.165) is 83.5 Å². The fourth-order valence-electron chi connectivity index (χ4n) is 6.11. The number of carbonyl (C=O) groups excluding carboxylic acids is 2. The highest BCUT2D eigenvalue weighted by molar-refractivity contribution is 7.47. The SMILES string of the molecule is CC/C=C\C/C=C\C/C=C\C/C=C\C/C=C\CCCCCC(=O)OC(COC(=O)CCC/C=C\C/C=C\C/C=C\C/C=C\C/C=C\CC)COP(=O)(O)OC1C(O)C(O)C(O)C(O)C1O. The number of rotatable bonds is 36. The van der Waals surface area contributed by atoms with Gasteiger partial charge in [0.2, 0.25) is 0 Å². The number of aliphatic hydroxyl groups excluding tert-OH is 5. The Balaban J connectivity index is 2.54. The monoisotopic (exact) mass is 931 g/mol. The van der Waals surface area contributed by atoms with E-state index < -0.39 is 75.7 Å². The third-order valence-electron chi connectivity index (χ3n) is 9.80. The van der Waals surface area contributed by atoms with Crippen LogP contribution in [-0.2, 0) is 32.7 Å². The van der Waals surface area contributed by atoms with Crippen molar-refractivity contribution in [3.8, 4) is 0 Å². The average molecular weight is 931 g/mol. The highest BCUT2D eigenvalue weighted by Gasteiger charge is 2.51. The number of phosphoric acid groups is 1. The summed E-state index contributed by atoms with van der Waals surface area (Å²) in [7, 11) is -5.15. The van der Waals surface area contributed by atoms with Crippen LogP contribution in [0.3, 0.4) is 0 Å². The summed E-state index contributed by atoms with van der Waals surface area (Å²) in [5.41, 5.74) is 0. The molecule has 65 heavy (non-hydrogen) atoms. The van der Waals surface area contributed by atoms with E-state index in [1.165, 1.54) is 0 Å². The molecule has 1 aliphatic rings. The second-order valence-electron chi connectivity index (χ2n) is 15.5. The first kappa shape index (κ1) is 59.3. The van der Waals surface area contributed by atoms with Crippen LogP contribution in [0.15, 0.2) is 122 Å². The summed E-state index contributed by atoms with van der Waals surface area (Å²) in [6.45, 7) is 2.98. The molecular weight excluding hydrogens is 852 g/mol. The molecule has 6 atom stereocenters. The zero-order valence-electron chi connectivity index (χ0n) is 38.7. The number of esters is 2. The van der Waals surface area contributed by atoms with Crippen LogP contribution in [0.4, 0.5) is 0 Å². The van der Waals surface area contributed by atoms with Gasteiger partial charge in [-0.1, -0.05) is 142 Å². The molecule has 0 spiro atoms. The van der Waals surface area contributed by atoms with E-state index >= 15 is 0 Å². The lowest BCUT2D eigenvalue weighted by Gasteiger charge is -2.41. The summed E-state index contributed by atoms with van der Waals surface area (Å²) in [6.07, 6.45) is 42.5. The highest BCUT2D eigenvalue weighted by Crippen LogP contribution is 2.47. The van der Waals surface area contributed by atoms with E-state index in [2.05, 4.69) is 123 Å². The van der Waals surface area contributed by atoms with Crippen molar-refractivity contribution >= 4 is 19.8 Å². The Hall–Kier alpha value is -3.75. The van der Waals surface area contributed by atoms with Gasteiger partial charge < -0.3 is 39.9 Å². The molecule has 14 heteroatoms. The lowest BCUT2D eigenvalue weighted by molar-refractivity contribution is -0.220. The standard InChI is InChI=1S/C51H79O13P/c1-3-5-7-9-11-13-15-17-19-21-22-24-26-28-30-32-34-36-38-40-45(53)63-43(42-62-65(59,60)64-51-49(57)47(55)46(54)48(56)50(51)58)41-61-44(52)39-37-35-33-31-29-27-25-23-20-18-16-14-12-10-8-6-4-2/h5-8,11-14,17-20,22,24-25,27-28,30-31,33,43,46-51,54-58H,3-4,9-10,15-16,21,23,26,29,32,34-42H2,1-2H3,(H,59,60)/b7-5-,8-6-,13-11-,14-12-,19-17-,20-18-,24-22-,27-25-,30-28-,33-31-. The first-order valence-corrected chi connectivity index (χ1v) is 24.8. The topological polar surface area (TPSA) is 210 Å². The van der Waals surface area contributed by atoms with Gasteiger partial charge in [0.25, 0.3) is 0 Å². The molecule has 366 valence electrons. The zero-order valence-corrected chi connectivity index (χ0v) is 39.6. The van der Waals surface area contributed by atoms with Crippen molar-refractivity contribution in [2.24, 2.45) is 0 Å². The van der Waals surface area contributed by atoms with Gasteiger partial charge in [-0.25, -0.2) is 4.57 Å². The molecule has 0 aromatic carbocycles. The number of unbranched alkanes of at least 4 members (excludes halogenated alkanes) is 4. The van der Waals surface area contributed by atoms with Crippen molar-refractivity contribution in [2.75, 3.05) is 13.2 Å². The Labute approximate surface area is 388 Å². The Morgan fingerprint density at radius 2 is 0.846 bits per heavy atom. The van der Waals surface area contributed by atoms with E-state index in [4.69, 9.17) is 18.5 Å². The van der Waals surface area contributed by atoms with Crippen molar-refractivity contribution < 1.29 is 63.1 Å². The molecular formula is C51H79O13P. The third kappa shape index (κ3) is 31.7. The van der Waals surface area contributed by atoms with Gasteiger partial charge in [-0.2, -0.15) is 0 Å². The van der Waals surface area contributed by atoms with Crippen LogP contribution in [0.5, 0.6) is 0 Å². The fourth-order valence-corrected chi connectivity index (χ4v) is 7.08. The lowest BCUT2D eigenvalue weighted by atomic mass is 9.85. The molecule has 0 aromatic heterocycles. The normalized spacial score (nSPS) is 22.5. The van der Waals surface area contributed by atoms with E-state index in [1.54, 1.807) is 0 Å². The highest BCUT2D eigenvalue weighted by atomic mass is 31.2. The van der Waals surface area contributed by atoms with Crippen molar-refractivity contribution in [1.29, 1.82) is 0 Å². The Morgan fingerprint density at radius 3 is 1.28 bits per heavy atom. The molecule has 1 aliphatic carbocycles. The van der Waals surface area contributed by atoms with Crippen molar-refractivity contribution in [1.82, 2.24) is 0 Å². The molecule has 0 radical (unpaired) electrons. The molecule has 0 aliphatic heterocycles. The summed E-state index contributed by atoms with van der Waals surface area (Å²) >= 11 is 0. The van der Waals surface area contributed by atoms with Crippen LogP contribution in [-0.4, -0.2) is 98.3 Å². The summed E-state index contributed by atoms with van der Waals surface area (Å²) in [5, 5.41) is 50.2. The average Bonchev–Trinajstić information content (AvgIpc) is 3.29. The molecule has 0 bridgehead atoms. The Kier molecular flexibility index (Phi) is 35.9. The Bertz CT molecular complexity index is 1590. The number of hydrogen-bond donors (Lipinski definition) is 6. The number of phosphoric ester groups is 1. The number of ether oxygens (including phenoxy) is 2. The minimum atomic E-state index is -5.15. The molecule has 6 N–H and O–H groups in total. The number of carbonyl (C=O) groups is 2. The predicted molar refractivity (Wildman–Crippen MR) is 257 cm³/mol. The third-order valence-corrected chi connectivity index (χ3v) is 10.8. The van der Waals surface area contributed by atoms with Gasteiger partial charge in [-0.15, -0.1) is 0 Å². The van der Waals surface area contributed by atoms with E-state index in [1.807, 2.05) is 12.2 Å². The Morgan fingerprint density at radius 1 is 0.477 bits per heavy atom. The zero-order chi connectivity index (χ0) is 47.8. The van der Waals surface area contributed by atoms with E-state index in [9.17, 15) is 44.6 Å². The van der Waals surface area contributed by atoms with Crippen LogP contribution in [0, 0.1) is 0 Å². The molecule has 0 heterocycles. The minimum absolute atomic E-state index is 0.0369. The quantitative estimate of drug-likeness (QED) is 0.0150. The minimum Gasteiger partial charge on any atom is -0.462 e. The molecule has 0 amide bonds. The predicted octanol–water partition coefficient (Wildman–Crippen LogP) is 9.39. The maximum absolute atomic E-state index is 12.8. The van der Waals surface area contributed by atoms with Gasteiger partial charge in [0.05, 0.1) is 6.61 Å². The maximum Gasteiger partial charge on any atom is 0.472 e. The van der Waals surface area contributed by atoms with Gasteiger partial charge in [0.1, 0.15) is 43.2 Å². The summed E-state index contributed by atoms with van der Waals surface area (Å²) < 4.78 is 33.5. The van der Waals surface area contributed by atoms with Gasteiger partial charge >= 0.3 is 19.8 Å². The second-order valence-corrected chi connectivity index (χ2v) is 16.9. The van der Waals surface area contributed by atoms with Gasteiger partial charge in [-0.3, -0.25) is 18.6 Å². The van der Waals surface area contributed by atoms with Crippen molar-refractivity contribution in [3.63, 3.8) is 0 Å². The molecule has 0 aromatic rings. The summed E-state index contributed by atoms with van der Waals surface area (Å²) in [5.74, 6) is -1.22. The number of aliphatic hydroxyl groups is 5. The van der Waals surface area contributed by atoms with Crippen LogP contribution in [0.2, 0.25) is 0 Å². The molecule has 0 saturated heterocycles. The molecule has 1 saturated carbocycles. The summed E-state index contributed by atoms with van der Waals surface area (Å²) in [6, 6.07) is 0. The van der Waals surface area contributed by atoms with Crippen LogP contribution < -0.4 is 0 Å². The van der Waals surface area contributed by atoms with Crippen molar-refractivity contribution in [2.45, 2.75) is 172 Å². The first-order valence-electron chi connectivity index (χ1n) is 23.3. The largest absolute Gasteiger partial charge is 0.472 e. The van der Waals surface area contributed by atoms with Gasteiger partial charge in [0.15, 0.2) is 6.10 Å². The van der Waals surface area contributed by atoms with E-state index in [0.29, 0.717) is 19.3 Å². The molecule has 1 rings (SSSR count). The lowest BCUT2D eigenvalue weighted by Crippen LogP contribution is -2.64. The van der Waals surface area contributed by atoms with Crippen LogP contribution in [0.25, 0.3) is 0 Å². The molecule has 13 nitrogen and oxygen atoms in total. The smallest absolute Gasteiger partial charge is 0.462 e. The van der Waals surface area contributed by atoms with Crippen LogP contribution >= 0.6 is 7.82 Å². The number of allylic oxidation sites excluding steroid dienone is 20. The maximum atomic E-state index is 12.8. The van der Waals surface area contributed by atoms with Gasteiger partial charge in [-0.05, 0) is 96.3 Å². The molecule has 1 fully saturated rings. The van der Waals surface area contributed by atoms with Crippen molar-refractivity contribution in [3.05, 3.63) is 122 Å². The van der Waals surface area contributed by atoms with Crippen LogP contribution in [0.1, 0.15) is 129 Å². The molecule has 6 unspecified atom stereocenters. The fraction of sp³-hybridized carbons (Fsp3) is 0.569. The second kappa shape index (κ2) is 39.4.